The smallest absolute Gasteiger partial charge is 0.255 e. The van der Waals surface area contributed by atoms with Crippen LogP contribution in [0.1, 0.15) is 5.56 Å². The average Bonchev–Trinajstić information content (AvgIpc) is 2.38. The highest BCUT2D eigenvalue weighted by Gasteiger charge is 2.18. The molecule has 1 aromatic carbocycles. The maximum absolute atomic E-state index is 12.4. The van der Waals surface area contributed by atoms with Gasteiger partial charge < -0.3 is 9.64 Å². The predicted molar refractivity (Wildman–Crippen MR) is 70.0 cm³/mol. The van der Waals surface area contributed by atoms with Gasteiger partial charge in [-0.05, 0) is 17.7 Å². The standard InChI is InChI=1S/C13H16ClF2NO2/c1-19-11-4-2-3-10(7-11)8-13(18)17(6-5-14)9-12(15)16/h2-4,7,12H,5-6,8-9H2,1H3. The highest BCUT2D eigenvalue weighted by atomic mass is 35.5. The van der Waals surface area contributed by atoms with Crippen LogP contribution in [0.15, 0.2) is 24.3 Å². The van der Waals surface area contributed by atoms with Crippen LogP contribution in [0.3, 0.4) is 0 Å². The summed E-state index contributed by atoms with van der Waals surface area (Å²) in [6.45, 7) is -0.468. The van der Waals surface area contributed by atoms with Crippen LogP contribution in [0.4, 0.5) is 8.78 Å². The lowest BCUT2D eigenvalue weighted by Crippen LogP contribution is -2.37. The third kappa shape index (κ3) is 5.42. The molecule has 0 heterocycles. The highest BCUT2D eigenvalue weighted by molar-refractivity contribution is 6.18. The molecule has 6 heteroatoms. The van der Waals surface area contributed by atoms with Crippen molar-refractivity contribution < 1.29 is 18.3 Å². The van der Waals surface area contributed by atoms with Crippen molar-refractivity contribution >= 4 is 17.5 Å². The molecule has 1 amide bonds. The van der Waals surface area contributed by atoms with Crippen LogP contribution >= 0.6 is 11.6 Å². The van der Waals surface area contributed by atoms with Gasteiger partial charge in [-0.15, -0.1) is 11.6 Å². The van der Waals surface area contributed by atoms with Crippen LogP contribution in [0.2, 0.25) is 0 Å². The third-order valence-corrected chi connectivity index (χ3v) is 2.72. The second-order valence-electron chi connectivity index (χ2n) is 3.95. The van der Waals surface area contributed by atoms with Crippen molar-refractivity contribution in [3.05, 3.63) is 29.8 Å². The number of rotatable bonds is 7. The summed E-state index contributed by atoms with van der Waals surface area (Å²) in [5.74, 6) is 0.397. The van der Waals surface area contributed by atoms with Gasteiger partial charge in [-0.1, -0.05) is 12.1 Å². The third-order valence-electron chi connectivity index (χ3n) is 2.56. The van der Waals surface area contributed by atoms with Gasteiger partial charge in [0, 0.05) is 12.4 Å². The zero-order chi connectivity index (χ0) is 14.3. The predicted octanol–water partition coefficient (Wildman–Crippen LogP) is 2.57. The Morgan fingerprint density at radius 3 is 2.79 bits per heavy atom. The molecule has 0 aliphatic carbocycles. The molecule has 0 radical (unpaired) electrons. The first-order chi connectivity index (χ1) is 9.06. The van der Waals surface area contributed by atoms with E-state index in [1.165, 1.54) is 7.11 Å². The Balaban J connectivity index is 2.69. The summed E-state index contributed by atoms with van der Waals surface area (Å²) in [6, 6.07) is 6.96. The molecule has 1 aromatic rings. The van der Waals surface area contributed by atoms with Crippen molar-refractivity contribution in [1.82, 2.24) is 4.90 Å². The van der Waals surface area contributed by atoms with E-state index in [0.29, 0.717) is 5.75 Å². The van der Waals surface area contributed by atoms with Crippen LogP contribution in [0.5, 0.6) is 5.75 Å². The van der Waals surface area contributed by atoms with Gasteiger partial charge in [0.15, 0.2) is 0 Å². The number of carbonyl (C=O) groups excluding carboxylic acids is 1. The number of hydrogen-bond acceptors (Lipinski definition) is 2. The zero-order valence-corrected chi connectivity index (χ0v) is 11.4. The first kappa shape index (κ1) is 15.7. The van der Waals surface area contributed by atoms with Gasteiger partial charge in [0.2, 0.25) is 5.91 Å². The summed E-state index contributed by atoms with van der Waals surface area (Å²) in [7, 11) is 1.53. The van der Waals surface area contributed by atoms with E-state index in [-0.39, 0.29) is 24.8 Å². The fraction of sp³-hybridized carbons (Fsp3) is 0.462. The normalized spacial score (nSPS) is 10.6. The van der Waals surface area contributed by atoms with Crippen LogP contribution in [-0.4, -0.2) is 43.3 Å². The van der Waals surface area contributed by atoms with E-state index in [0.717, 1.165) is 10.5 Å². The molecular weight excluding hydrogens is 276 g/mol. The van der Waals surface area contributed by atoms with Gasteiger partial charge in [-0.3, -0.25) is 4.79 Å². The summed E-state index contributed by atoms with van der Waals surface area (Å²) in [5, 5.41) is 0. The van der Waals surface area contributed by atoms with E-state index < -0.39 is 13.0 Å². The molecular formula is C13H16ClF2NO2. The summed E-state index contributed by atoms with van der Waals surface area (Å²) in [4.78, 5) is 13.0. The van der Waals surface area contributed by atoms with Crippen molar-refractivity contribution in [2.75, 3.05) is 26.1 Å². The largest absolute Gasteiger partial charge is 0.497 e. The maximum atomic E-state index is 12.4. The van der Waals surface area contributed by atoms with E-state index in [1.54, 1.807) is 24.3 Å². The van der Waals surface area contributed by atoms with Gasteiger partial charge in [0.05, 0.1) is 20.1 Å². The van der Waals surface area contributed by atoms with Crippen LogP contribution < -0.4 is 4.74 Å². The molecule has 0 saturated carbocycles. The van der Waals surface area contributed by atoms with Crippen molar-refractivity contribution in [3.63, 3.8) is 0 Å². The second-order valence-corrected chi connectivity index (χ2v) is 4.33. The first-order valence-electron chi connectivity index (χ1n) is 5.81. The molecule has 3 nitrogen and oxygen atoms in total. The number of ether oxygens (including phenoxy) is 1. The van der Waals surface area contributed by atoms with E-state index in [1.807, 2.05) is 0 Å². The number of halogens is 3. The number of alkyl halides is 3. The molecule has 0 bridgehead atoms. The molecule has 1 rings (SSSR count). The van der Waals surface area contributed by atoms with E-state index in [2.05, 4.69) is 0 Å². The van der Waals surface area contributed by atoms with Crippen LogP contribution in [-0.2, 0) is 11.2 Å². The molecule has 0 unspecified atom stereocenters. The first-order valence-corrected chi connectivity index (χ1v) is 6.35. The molecule has 0 N–H and O–H groups in total. The van der Waals surface area contributed by atoms with Gasteiger partial charge in [-0.2, -0.15) is 0 Å². The Labute approximate surface area is 116 Å². The molecule has 19 heavy (non-hydrogen) atoms. The van der Waals surface area contributed by atoms with Crippen LogP contribution in [0.25, 0.3) is 0 Å². The minimum Gasteiger partial charge on any atom is -0.497 e. The lowest BCUT2D eigenvalue weighted by atomic mass is 10.1. The molecule has 0 fully saturated rings. The Kier molecular flexibility index (Phi) is 6.56. The van der Waals surface area contributed by atoms with E-state index >= 15 is 0 Å². The molecule has 0 saturated heterocycles. The number of amides is 1. The number of carbonyl (C=O) groups is 1. The number of hydrogen-bond donors (Lipinski definition) is 0. The highest BCUT2D eigenvalue weighted by Crippen LogP contribution is 2.14. The molecule has 0 spiro atoms. The Morgan fingerprint density at radius 2 is 2.21 bits per heavy atom. The number of nitrogens with zero attached hydrogens (tertiary/aromatic N) is 1. The Morgan fingerprint density at radius 1 is 1.47 bits per heavy atom. The summed E-state index contributed by atoms with van der Waals surface area (Å²) in [5.41, 5.74) is 0.721. The average molecular weight is 292 g/mol. The van der Waals surface area contributed by atoms with Gasteiger partial charge in [0.1, 0.15) is 5.75 Å². The molecule has 0 atom stereocenters. The van der Waals surface area contributed by atoms with Gasteiger partial charge in [-0.25, -0.2) is 8.78 Å². The second kappa shape index (κ2) is 7.94. The number of benzene rings is 1. The molecule has 106 valence electrons. The van der Waals surface area contributed by atoms with E-state index in [9.17, 15) is 13.6 Å². The maximum Gasteiger partial charge on any atom is 0.255 e. The van der Waals surface area contributed by atoms with Crippen molar-refractivity contribution in [2.45, 2.75) is 12.8 Å². The summed E-state index contributed by atoms with van der Waals surface area (Å²) in [6.07, 6.45) is -2.50. The summed E-state index contributed by atoms with van der Waals surface area (Å²) >= 11 is 5.52. The molecule has 0 aliphatic rings. The monoisotopic (exact) mass is 291 g/mol. The number of methoxy groups -OCH3 is 1. The minimum absolute atomic E-state index is 0.0564. The van der Waals surface area contributed by atoms with Crippen molar-refractivity contribution in [1.29, 1.82) is 0 Å². The summed E-state index contributed by atoms with van der Waals surface area (Å²) < 4.78 is 29.8. The lowest BCUT2D eigenvalue weighted by molar-refractivity contribution is -0.132. The van der Waals surface area contributed by atoms with Gasteiger partial charge >= 0.3 is 0 Å². The zero-order valence-electron chi connectivity index (χ0n) is 10.6. The molecule has 0 aliphatic heterocycles. The van der Waals surface area contributed by atoms with Crippen molar-refractivity contribution in [3.8, 4) is 5.75 Å². The fourth-order valence-corrected chi connectivity index (χ4v) is 1.86. The minimum atomic E-state index is -2.56. The Bertz CT molecular complexity index is 415. The quantitative estimate of drug-likeness (QED) is 0.723. The van der Waals surface area contributed by atoms with Crippen molar-refractivity contribution in [2.24, 2.45) is 0 Å². The SMILES string of the molecule is COc1cccc(CC(=O)N(CCCl)CC(F)F)c1. The fourth-order valence-electron chi connectivity index (χ4n) is 1.66. The topological polar surface area (TPSA) is 29.5 Å². The lowest BCUT2D eigenvalue weighted by Gasteiger charge is -2.21. The van der Waals surface area contributed by atoms with Gasteiger partial charge in [0.25, 0.3) is 6.43 Å². The van der Waals surface area contributed by atoms with Crippen LogP contribution in [0, 0.1) is 0 Å². The van der Waals surface area contributed by atoms with E-state index in [4.69, 9.17) is 16.3 Å². The Hall–Kier alpha value is -1.36. The molecule has 0 aromatic heterocycles.